The van der Waals surface area contributed by atoms with Gasteiger partial charge in [0.2, 0.25) is 11.7 Å². The summed E-state index contributed by atoms with van der Waals surface area (Å²) in [6.07, 6.45) is 7.49. The lowest BCUT2D eigenvalue weighted by Crippen LogP contribution is -2.12. The molecule has 1 amide bonds. The number of nitrogens with zero attached hydrogens (tertiary/aromatic N) is 1. The number of rotatable bonds is 9. The third kappa shape index (κ3) is 5.70. The molecule has 4 rings (SSSR count). The van der Waals surface area contributed by atoms with Crippen molar-refractivity contribution in [3.8, 4) is 28.5 Å². The monoisotopic (exact) mass is 480 g/mol. The SMILES string of the molecule is COc1cc(CCC(=O)Nc2nc(-c3ccc(C4CCCCC4)cc3)cs2)cc(OC)c1OC. The number of thiazole rings is 1. The summed E-state index contributed by atoms with van der Waals surface area (Å²) >= 11 is 1.44. The number of aromatic nitrogens is 1. The van der Waals surface area contributed by atoms with Gasteiger partial charge >= 0.3 is 0 Å². The minimum atomic E-state index is -0.0812. The Bertz CT molecular complexity index is 1080. The van der Waals surface area contributed by atoms with E-state index in [9.17, 15) is 4.79 Å². The molecule has 1 saturated carbocycles. The summed E-state index contributed by atoms with van der Waals surface area (Å²) in [5.74, 6) is 2.31. The molecular formula is C27H32N2O4S. The molecule has 7 heteroatoms. The first-order chi connectivity index (χ1) is 16.6. The van der Waals surface area contributed by atoms with Gasteiger partial charge in [0.15, 0.2) is 16.6 Å². The van der Waals surface area contributed by atoms with Crippen LogP contribution in [0.5, 0.6) is 17.2 Å². The van der Waals surface area contributed by atoms with Crippen LogP contribution in [0.3, 0.4) is 0 Å². The number of hydrogen-bond acceptors (Lipinski definition) is 6. The van der Waals surface area contributed by atoms with Gasteiger partial charge in [0.1, 0.15) is 0 Å². The molecule has 2 aromatic carbocycles. The number of aryl methyl sites for hydroxylation is 1. The van der Waals surface area contributed by atoms with Crippen LogP contribution in [0.2, 0.25) is 0 Å². The fourth-order valence-electron chi connectivity index (χ4n) is 4.55. The maximum atomic E-state index is 12.6. The van der Waals surface area contributed by atoms with Crippen LogP contribution in [0, 0.1) is 0 Å². The van der Waals surface area contributed by atoms with Crippen molar-refractivity contribution in [3.05, 3.63) is 52.9 Å². The Balaban J connectivity index is 1.35. The smallest absolute Gasteiger partial charge is 0.226 e. The fourth-order valence-corrected chi connectivity index (χ4v) is 5.28. The zero-order valence-corrected chi connectivity index (χ0v) is 20.9. The first-order valence-corrected chi connectivity index (χ1v) is 12.6. The topological polar surface area (TPSA) is 69.7 Å². The summed E-state index contributed by atoms with van der Waals surface area (Å²) in [6.45, 7) is 0. The number of carbonyl (C=O) groups excluding carboxylic acids is 1. The van der Waals surface area contributed by atoms with Crippen molar-refractivity contribution in [1.29, 1.82) is 0 Å². The van der Waals surface area contributed by atoms with Crippen molar-refractivity contribution < 1.29 is 19.0 Å². The van der Waals surface area contributed by atoms with E-state index >= 15 is 0 Å². The van der Waals surface area contributed by atoms with Gasteiger partial charge in [-0.3, -0.25) is 4.79 Å². The van der Waals surface area contributed by atoms with E-state index in [2.05, 4.69) is 34.6 Å². The highest BCUT2D eigenvalue weighted by Crippen LogP contribution is 2.38. The molecule has 1 aliphatic carbocycles. The number of amides is 1. The van der Waals surface area contributed by atoms with Gasteiger partial charge in [-0.25, -0.2) is 4.98 Å². The average Bonchev–Trinajstić information content (AvgIpc) is 3.35. The van der Waals surface area contributed by atoms with E-state index in [1.54, 1.807) is 21.3 Å². The maximum Gasteiger partial charge on any atom is 0.226 e. The molecule has 0 unspecified atom stereocenters. The van der Waals surface area contributed by atoms with Crippen molar-refractivity contribution in [1.82, 2.24) is 4.98 Å². The van der Waals surface area contributed by atoms with Crippen LogP contribution in [-0.4, -0.2) is 32.2 Å². The molecule has 3 aromatic rings. The Hall–Kier alpha value is -3.06. The molecule has 1 N–H and O–H groups in total. The zero-order chi connectivity index (χ0) is 23.9. The molecule has 0 atom stereocenters. The van der Waals surface area contributed by atoms with E-state index in [0.717, 1.165) is 16.8 Å². The summed E-state index contributed by atoms with van der Waals surface area (Å²) in [5, 5.41) is 5.53. The summed E-state index contributed by atoms with van der Waals surface area (Å²) in [4.78, 5) is 17.2. The lowest BCUT2D eigenvalue weighted by atomic mass is 9.84. The third-order valence-electron chi connectivity index (χ3n) is 6.40. The van der Waals surface area contributed by atoms with Gasteiger partial charge in [-0.1, -0.05) is 43.5 Å². The molecule has 34 heavy (non-hydrogen) atoms. The highest BCUT2D eigenvalue weighted by molar-refractivity contribution is 7.14. The summed E-state index contributed by atoms with van der Waals surface area (Å²) in [5.41, 5.74) is 4.33. The Morgan fingerprint density at radius 2 is 1.68 bits per heavy atom. The largest absolute Gasteiger partial charge is 0.493 e. The zero-order valence-electron chi connectivity index (χ0n) is 20.1. The molecule has 0 bridgehead atoms. The molecule has 0 radical (unpaired) electrons. The van der Waals surface area contributed by atoms with Crippen LogP contribution in [0.4, 0.5) is 5.13 Å². The normalized spacial score (nSPS) is 14.0. The van der Waals surface area contributed by atoms with E-state index in [1.807, 2.05) is 17.5 Å². The van der Waals surface area contributed by atoms with Crippen molar-refractivity contribution >= 4 is 22.4 Å². The fraction of sp³-hybridized carbons (Fsp3) is 0.407. The lowest BCUT2D eigenvalue weighted by molar-refractivity contribution is -0.116. The first kappa shape index (κ1) is 24.1. The minimum Gasteiger partial charge on any atom is -0.493 e. The van der Waals surface area contributed by atoms with Crippen molar-refractivity contribution in [2.24, 2.45) is 0 Å². The Morgan fingerprint density at radius 3 is 2.29 bits per heavy atom. The van der Waals surface area contributed by atoms with Gasteiger partial charge in [0.05, 0.1) is 27.0 Å². The van der Waals surface area contributed by atoms with Crippen molar-refractivity contribution in [2.75, 3.05) is 26.6 Å². The molecule has 6 nitrogen and oxygen atoms in total. The van der Waals surface area contributed by atoms with Crippen LogP contribution in [0.1, 0.15) is 55.6 Å². The van der Waals surface area contributed by atoms with Gasteiger partial charge in [-0.2, -0.15) is 0 Å². The molecule has 0 aliphatic heterocycles. The van der Waals surface area contributed by atoms with Crippen LogP contribution in [0.25, 0.3) is 11.3 Å². The van der Waals surface area contributed by atoms with Gasteiger partial charge < -0.3 is 19.5 Å². The van der Waals surface area contributed by atoms with Gasteiger partial charge in [-0.05, 0) is 48.4 Å². The molecule has 1 heterocycles. The highest BCUT2D eigenvalue weighted by Gasteiger charge is 2.16. The van der Waals surface area contributed by atoms with Crippen LogP contribution in [0.15, 0.2) is 41.8 Å². The number of nitrogens with one attached hydrogen (secondary N) is 1. The standard InChI is InChI=1S/C27H32N2O4S/c1-31-23-15-18(16-24(32-2)26(23)33-3)9-14-25(30)29-27-28-22(17-34-27)21-12-10-20(11-13-21)19-7-5-4-6-8-19/h10-13,15-17,19H,4-9,14H2,1-3H3,(H,28,29,30). The number of carbonyl (C=O) groups is 1. The van der Waals surface area contributed by atoms with Crippen LogP contribution < -0.4 is 19.5 Å². The molecule has 1 aliphatic rings. The van der Waals surface area contributed by atoms with E-state index in [1.165, 1.54) is 49.0 Å². The number of methoxy groups -OCH3 is 3. The Morgan fingerprint density at radius 1 is 1.00 bits per heavy atom. The number of ether oxygens (including phenoxy) is 3. The Kier molecular flexibility index (Phi) is 8.06. The quantitative estimate of drug-likeness (QED) is 0.381. The van der Waals surface area contributed by atoms with Crippen LogP contribution >= 0.6 is 11.3 Å². The molecule has 0 saturated heterocycles. The third-order valence-corrected chi connectivity index (χ3v) is 7.16. The Labute approximate surface area is 205 Å². The van der Waals surface area contributed by atoms with E-state index in [-0.39, 0.29) is 5.91 Å². The number of benzene rings is 2. The molecule has 1 aromatic heterocycles. The second-order valence-electron chi connectivity index (χ2n) is 8.58. The first-order valence-electron chi connectivity index (χ1n) is 11.8. The number of anilines is 1. The maximum absolute atomic E-state index is 12.6. The van der Waals surface area contributed by atoms with E-state index < -0.39 is 0 Å². The summed E-state index contributed by atoms with van der Waals surface area (Å²) in [7, 11) is 4.73. The van der Waals surface area contributed by atoms with E-state index in [0.29, 0.717) is 41.1 Å². The second-order valence-corrected chi connectivity index (χ2v) is 9.43. The van der Waals surface area contributed by atoms with Crippen molar-refractivity contribution in [2.45, 2.75) is 50.9 Å². The van der Waals surface area contributed by atoms with Gasteiger partial charge in [0.25, 0.3) is 0 Å². The summed E-state index contributed by atoms with van der Waals surface area (Å²) in [6, 6.07) is 12.5. The minimum absolute atomic E-state index is 0.0812. The average molecular weight is 481 g/mol. The van der Waals surface area contributed by atoms with E-state index in [4.69, 9.17) is 14.2 Å². The summed E-state index contributed by atoms with van der Waals surface area (Å²) < 4.78 is 16.1. The van der Waals surface area contributed by atoms with Gasteiger partial charge in [-0.15, -0.1) is 11.3 Å². The predicted octanol–water partition coefficient (Wildman–Crippen LogP) is 6.45. The lowest BCUT2D eigenvalue weighted by Gasteiger charge is -2.22. The number of hydrogen-bond donors (Lipinski definition) is 1. The molecular weight excluding hydrogens is 448 g/mol. The van der Waals surface area contributed by atoms with Crippen molar-refractivity contribution in [3.63, 3.8) is 0 Å². The highest BCUT2D eigenvalue weighted by atomic mass is 32.1. The second kappa shape index (κ2) is 11.4. The van der Waals surface area contributed by atoms with Crippen LogP contribution in [-0.2, 0) is 11.2 Å². The molecule has 180 valence electrons. The molecule has 0 spiro atoms. The molecule has 1 fully saturated rings. The predicted molar refractivity (Wildman–Crippen MR) is 136 cm³/mol. The van der Waals surface area contributed by atoms with Gasteiger partial charge in [0, 0.05) is 17.4 Å².